The van der Waals surface area contributed by atoms with Crippen LogP contribution in [0.2, 0.25) is 0 Å². The molecule has 2 rings (SSSR count). The first-order valence-corrected chi connectivity index (χ1v) is 8.92. The number of rotatable bonds is 10. The summed E-state index contributed by atoms with van der Waals surface area (Å²) in [6.07, 6.45) is 0.901. The predicted octanol–water partition coefficient (Wildman–Crippen LogP) is 1.73. The molecule has 1 heterocycles. The van der Waals surface area contributed by atoms with E-state index in [9.17, 15) is 4.79 Å². The van der Waals surface area contributed by atoms with Crippen molar-refractivity contribution in [2.24, 2.45) is 0 Å². The normalized spacial score (nSPS) is 10.6. The van der Waals surface area contributed by atoms with Crippen LogP contribution in [-0.2, 0) is 6.54 Å². The number of nitrogens with one attached hydrogen (secondary N) is 2. The van der Waals surface area contributed by atoms with E-state index >= 15 is 0 Å². The highest BCUT2D eigenvalue weighted by molar-refractivity contribution is 9.10. The summed E-state index contributed by atoms with van der Waals surface area (Å²) in [6.45, 7) is 4.13. The van der Waals surface area contributed by atoms with Crippen molar-refractivity contribution in [3.8, 4) is 11.5 Å². The fourth-order valence-corrected chi connectivity index (χ4v) is 2.68. The van der Waals surface area contributed by atoms with Gasteiger partial charge in [-0.05, 0) is 28.9 Å². The quantitative estimate of drug-likeness (QED) is 0.489. The third-order valence-corrected chi connectivity index (χ3v) is 3.86. The minimum absolute atomic E-state index is 0.0167. The predicted molar refractivity (Wildman–Crippen MR) is 99.2 cm³/mol. The van der Waals surface area contributed by atoms with Crippen LogP contribution >= 0.6 is 15.9 Å². The average molecular weight is 428 g/mol. The summed E-state index contributed by atoms with van der Waals surface area (Å²) in [5.74, 6) is 0.929. The van der Waals surface area contributed by atoms with Crippen LogP contribution in [-0.4, -0.2) is 43.0 Å². The number of aromatic nitrogens is 2. The van der Waals surface area contributed by atoms with E-state index < -0.39 is 5.91 Å². The molecule has 0 bridgehead atoms. The number of methoxy groups -OCH3 is 1. The molecular weight excluding hydrogens is 406 g/mol. The summed E-state index contributed by atoms with van der Waals surface area (Å²) in [5.41, 5.74) is 6.41. The number of benzene rings is 1. The maximum atomic E-state index is 11.8. The lowest BCUT2D eigenvalue weighted by atomic mass is 10.2. The highest BCUT2D eigenvalue weighted by atomic mass is 79.9. The third-order valence-electron chi connectivity index (χ3n) is 3.40. The second-order valence-corrected chi connectivity index (χ2v) is 6.29. The van der Waals surface area contributed by atoms with Crippen molar-refractivity contribution in [1.82, 2.24) is 20.9 Å². The number of carbonyl (C=O) groups is 1. The first-order chi connectivity index (χ1) is 12.6. The van der Waals surface area contributed by atoms with Gasteiger partial charge >= 0.3 is 0 Å². The van der Waals surface area contributed by atoms with Crippen LogP contribution in [0.25, 0.3) is 0 Å². The monoisotopic (exact) mass is 427 g/mol. The van der Waals surface area contributed by atoms with Crippen molar-refractivity contribution in [1.29, 1.82) is 0 Å². The average Bonchev–Trinajstić information content (AvgIpc) is 3.06. The Hall–Kier alpha value is -2.33. The van der Waals surface area contributed by atoms with Gasteiger partial charge in [-0.15, -0.1) is 0 Å². The van der Waals surface area contributed by atoms with Crippen molar-refractivity contribution in [2.75, 3.05) is 32.5 Å². The smallest absolute Gasteiger partial charge is 0.277 e. The molecule has 0 radical (unpaired) electrons. The zero-order valence-corrected chi connectivity index (χ0v) is 16.3. The van der Waals surface area contributed by atoms with Gasteiger partial charge in [0, 0.05) is 29.7 Å². The van der Waals surface area contributed by atoms with Crippen molar-refractivity contribution >= 4 is 27.7 Å². The Morgan fingerprint density at radius 1 is 1.35 bits per heavy atom. The number of ether oxygens (including phenoxy) is 2. The van der Waals surface area contributed by atoms with Crippen LogP contribution in [0.4, 0.5) is 5.82 Å². The highest BCUT2D eigenvalue weighted by Crippen LogP contribution is 2.35. The van der Waals surface area contributed by atoms with Gasteiger partial charge in [-0.25, -0.2) is 4.63 Å². The van der Waals surface area contributed by atoms with Gasteiger partial charge in [0.2, 0.25) is 11.5 Å². The van der Waals surface area contributed by atoms with Gasteiger partial charge in [0.25, 0.3) is 5.91 Å². The van der Waals surface area contributed by atoms with Gasteiger partial charge in [0.05, 0.1) is 13.7 Å². The number of nitrogens with two attached hydrogens (primary N) is 1. The molecule has 9 nitrogen and oxygen atoms in total. The first-order valence-electron chi connectivity index (χ1n) is 8.13. The lowest BCUT2D eigenvalue weighted by Gasteiger charge is -2.16. The number of halogens is 1. The Labute approximate surface area is 159 Å². The molecule has 0 unspecified atom stereocenters. The molecule has 0 aliphatic heterocycles. The zero-order valence-electron chi connectivity index (χ0n) is 14.7. The number of nitrogens with zero attached hydrogens (tertiary/aromatic N) is 2. The van der Waals surface area contributed by atoms with E-state index in [-0.39, 0.29) is 11.5 Å². The number of amides is 1. The van der Waals surface area contributed by atoms with Crippen molar-refractivity contribution in [2.45, 2.75) is 19.9 Å². The van der Waals surface area contributed by atoms with E-state index in [1.165, 1.54) is 0 Å². The Morgan fingerprint density at radius 3 is 2.81 bits per heavy atom. The van der Waals surface area contributed by atoms with Crippen LogP contribution in [0.5, 0.6) is 11.5 Å². The minimum Gasteiger partial charge on any atom is -0.493 e. The molecule has 10 heteroatoms. The number of anilines is 1. The van der Waals surface area contributed by atoms with Crippen LogP contribution in [0.1, 0.15) is 29.4 Å². The van der Waals surface area contributed by atoms with E-state index in [1.54, 1.807) is 7.11 Å². The molecule has 26 heavy (non-hydrogen) atoms. The number of nitrogen functional groups attached to an aromatic ring is 1. The number of hydrogen-bond donors (Lipinski definition) is 3. The maximum Gasteiger partial charge on any atom is 0.277 e. The standard InChI is InChI=1S/C16H22BrN5O4/c1-3-6-25-14-10(7-11(17)8-12(14)24-2)9-19-4-5-20-16(23)13-15(18)22-26-21-13/h7-8,19H,3-6,9H2,1-2H3,(H2,18,22)(H,20,23). The van der Waals surface area contributed by atoms with Gasteiger partial charge in [-0.3, -0.25) is 4.79 Å². The Morgan fingerprint density at radius 2 is 2.15 bits per heavy atom. The van der Waals surface area contributed by atoms with Crippen LogP contribution in [0, 0.1) is 0 Å². The van der Waals surface area contributed by atoms with Gasteiger partial charge in [-0.2, -0.15) is 0 Å². The van der Waals surface area contributed by atoms with Crippen molar-refractivity contribution in [3.63, 3.8) is 0 Å². The molecule has 0 fully saturated rings. The van der Waals surface area contributed by atoms with E-state index in [2.05, 4.69) is 41.5 Å². The van der Waals surface area contributed by atoms with E-state index in [1.807, 2.05) is 19.1 Å². The third kappa shape index (κ3) is 5.33. The molecular formula is C16H22BrN5O4. The molecule has 142 valence electrons. The second kappa shape index (κ2) is 9.97. The first kappa shape index (κ1) is 20.0. The summed E-state index contributed by atoms with van der Waals surface area (Å²) >= 11 is 3.47. The van der Waals surface area contributed by atoms with Crippen LogP contribution < -0.4 is 25.8 Å². The second-order valence-electron chi connectivity index (χ2n) is 5.38. The molecule has 0 aliphatic rings. The molecule has 0 saturated carbocycles. The van der Waals surface area contributed by atoms with E-state index in [0.29, 0.717) is 32.0 Å². The molecule has 2 aromatic rings. The Kier molecular flexibility index (Phi) is 7.67. The van der Waals surface area contributed by atoms with Gasteiger partial charge in [0.1, 0.15) is 0 Å². The SMILES string of the molecule is CCCOc1c(CNCCNC(=O)c2nonc2N)cc(Br)cc1OC. The van der Waals surface area contributed by atoms with Gasteiger partial charge in [-0.1, -0.05) is 22.9 Å². The molecule has 1 aromatic heterocycles. The van der Waals surface area contributed by atoms with Crippen LogP contribution in [0.15, 0.2) is 21.2 Å². The fraction of sp³-hybridized carbons (Fsp3) is 0.438. The topological polar surface area (TPSA) is 125 Å². The lowest BCUT2D eigenvalue weighted by molar-refractivity contribution is 0.0944. The maximum absolute atomic E-state index is 11.8. The lowest BCUT2D eigenvalue weighted by Crippen LogP contribution is -2.32. The summed E-state index contributed by atoms with van der Waals surface area (Å²) in [5, 5.41) is 12.8. The van der Waals surface area contributed by atoms with Gasteiger partial charge < -0.3 is 25.8 Å². The molecule has 0 saturated heterocycles. The van der Waals surface area contributed by atoms with Crippen LogP contribution in [0.3, 0.4) is 0 Å². The van der Waals surface area contributed by atoms with Crippen molar-refractivity contribution < 1.29 is 18.9 Å². The highest BCUT2D eigenvalue weighted by Gasteiger charge is 2.15. The van der Waals surface area contributed by atoms with Gasteiger partial charge in [0.15, 0.2) is 11.5 Å². The number of hydrogen-bond acceptors (Lipinski definition) is 8. The van der Waals surface area contributed by atoms with E-state index in [0.717, 1.165) is 22.2 Å². The molecule has 1 aromatic carbocycles. The summed E-state index contributed by atoms with van der Waals surface area (Å²) < 4.78 is 16.5. The Balaban J connectivity index is 1.87. The number of carbonyl (C=O) groups excluding carboxylic acids is 1. The van der Waals surface area contributed by atoms with Crippen molar-refractivity contribution in [3.05, 3.63) is 27.9 Å². The summed E-state index contributed by atoms with van der Waals surface area (Å²) in [4.78, 5) is 11.8. The summed E-state index contributed by atoms with van der Waals surface area (Å²) in [7, 11) is 1.61. The summed E-state index contributed by atoms with van der Waals surface area (Å²) in [6, 6.07) is 3.84. The molecule has 0 spiro atoms. The molecule has 0 atom stereocenters. The fourth-order valence-electron chi connectivity index (χ4n) is 2.20. The Bertz CT molecular complexity index is 737. The molecule has 1 amide bonds. The minimum atomic E-state index is -0.429. The largest absolute Gasteiger partial charge is 0.493 e. The van der Waals surface area contributed by atoms with E-state index in [4.69, 9.17) is 15.2 Å². The zero-order chi connectivity index (χ0) is 18.9. The molecule has 4 N–H and O–H groups in total. The molecule has 0 aliphatic carbocycles.